The van der Waals surface area contributed by atoms with E-state index in [1.165, 1.54) is 5.56 Å². The minimum atomic E-state index is 0. The molecule has 0 fully saturated rings. The van der Waals surface area contributed by atoms with Gasteiger partial charge in [-0.25, -0.2) is 0 Å². The van der Waals surface area contributed by atoms with E-state index in [1.807, 2.05) is 52.0 Å². The van der Waals surface area contributed by atoms with Gasteiger partial charge in [0.05, 0.1) is 6.10 Å². The van der Waals surface area contributed by atoms with Crippen LogP contribution in [-0.4, -0.2) is 30.5 Å². The SMILES string of the molecule is Cc1cc(C)c(C(=O)Pc2ccc(OC(C)C)cc2)c(C)c1.[Li]. The Morgan fingerprint density at radius 1 is 1.00 bits per heavy atom. The van der Waals surface area contributed by atoms with Crippen molar-refractivity contribution >= 4 is 38.3 Å². The summed E-state index contributed by atoms with van der Waals surface area (Å²) >= 11 is 0. The van der Waals surface area contributed by atoms with E-state index in [4.69, 9.17) is 4.74 Å². The van der Waals surface area contributed by atoms with Gasteiger partial charge in [-0.3, -0.25) is 4.79 Å². The molecule has 0 aromatic heterocycles. The van der Waals surface area contributed by atoms with Crippen LogP contribution in [0.1, 0.15) is 40.9 Å². The van der Waals surface area contributed by atoms with E-state index in [9.17, 15) is 4.79 Å². The molecule has 0 amide bonds. The van der Waals surface area contributed by atoms with Gasteiger partial charge < -0.3 is 4.74 Å². The van der Waals surface area contributed by atoms with Crippen molar-refractivity contribution in [2.45, 2.75) is 40.7 Å². The third kappa shape index (κ3) is 5.50. The molecule has 2 nitrogen and oxygen atoms in total. The van der Waals surface area contributed by atoms with Gasteiger partial charge in [0.15, 0.2) is 5.52 Å². The van der Waals surface area contributed by atoms with Crippen molar-refractivity contribution in [3.8, 4) is 5.75 Å². The van der Waals surface area contributed by atoms with Crippen LogP contribution in [0.15, 0.2) is 36.4 Å². The Bertz CT molecular complexity index is 655. The van der Waals surface area contributed by atoms with Crippen LogP contribution in [0.4, 0.5) is 0 Å². The zero-order valence-corrected chi connectivity index (χ0v) is 15.9. The molecule has 2 aromatic rings. The van der Waals surface area contributed by atoms with E-state index in [0.717, 1.165) is 27.7 Å². The molecule has 0 aliphatic heterocycles. The van der Waals surface area contributed by atoms with Gasteiger partial charge in [-0.1, -0.05) is 29.8 Å². The minimum Gasteiger partial charge on any atom is -0.491 e. The molecule has 4 heteroatoms. The van der Waals surface area contributed by atoms with Crippen LogP contribution in [-0.2, 0) is 0 Å². The van der Waals surface area contributed by atoms with Crippen molar-refractivity contribution in [2.24, 2.45) is 0 Å². The molecule has 0 spiro atoms. The number of benzene rings is 2. The first kappa shape index (κ1) is 20.0. The average molecular weight is 321 g/mol. The summed E-state index contributed by atoms with van der Waals surface area (Å²) in [4.78, 5) is 12.6. The fourth-order valence-electron chi connectivity index (χ4n) is 2.62. The number of carbonyl (C=O) groups excluding carboxylic acids is 1. The maximum atomic E-state index is 12.6. The third-order valence-corrected chi connectivity index (χ3v) is 4.49. The normalized spacial score (nSPS) is 10.9. The van der Waals surface area contributed by atoms with E-state index in [1.54, 1.807) is 0 Å². The van der Waals surface area contributed by atoms with Gasteiger partial charge in [0.1, 0.15) is 5.75 Å². The van der Waals surface area contributed by atoms with Crippen molar-refractivity contribution in [3.05, 3.63) is 58.7 Å². The third-order valence-electron chi connectivity index (χ3n) is 3.39. The molecule has 0 saturated heterocycles. The van der Waals surface area contributed by atoms with Crippen molar-refractivity contribution in [2.75, 3.05) is 0 Å². The van der Waals surface area contributed by atoms with Crippen LogP contribution in [0.2, 0.25) is 0 Å². The summed E-state index contributed by atoms with van der Waals surface area (Å²) in [6, 6.07) is 12.0. The van der Waals surface area contributed by atoms with Crippen LogP contribution < -0.4 is 10.0 Å². The molecule has 23 heavy (non-hydrogen) atoms. The fourth-order valence-corrected chi connectivity index (χ4v) is 3.74. The summed E-state index contributed by atoms with van der Waals surface area (Å²) in [6.07, 6.45) is 0.160. The minimum absolute atomic E-state index is 0. The largest absolute Gasteiger partial charge is 0.491 e. The molecule has 0 bridgehead atoms. The van der Waals surface area contributed by atoms with Crippen LogP contribution in [0, 0.1) is 20.8 Å². The Kier molecular flexibility index (Phi) is 7.55. The summed E-state index contributed by atoms with van der Waals surface area (Å²) in [5.41, 5.74) is 4.40. The molecule has 1 atom stereocenters. The van der Waals surface area contributed by atoms with Crippen LogP contribution in [0.3, 0.4) is 0 Å². The van der Waals surface area contributed by atoms with E-state index >= 15 is 0 Å². The van der Waals surface area contributed by atoms with Crippen molar-refractivity contribution in [1.82, 2.24) is 0 Å². The standard InChI is InChI=1S/C19H23O2P.Li/c1-12(2)21-16-6-8-17(9-7-16)22-19(20)18-14(4)10-13(3)11-15(18)5;/h6-12,22H,1-5H3;. The number of carbonyl (C=O) groups is 1. The topological polar surface area (TPSA) is 26.3 Å². The van der Waals surface area contributed by atoms with Crippen LogP contribution >= 0.6 is 8.58 Å². The van der Waals surface area contributed by atoms with E-state index in [0.29, 0.717) is 0 Å². The number of aryl methyl sites for hydroxylation is 3. The number of hydrogen-bond donors (Lipinski definition) is 0. The summed E-state index contributed by atoms with van der Waals surface area (Å²) in [7, 11) is 0.143. The fraction of sp³-hybridized carbons (Fsp3) is 0.316. The molecular weight excluding hydrogens is 298 g/mol. The van der Waals surface area contributed by atoms with Gasteiger partial charge in [-0.2, -0.15) is 0 Å². The Hall–Kier alpha value is -1.06. The predicted octanol–water partition coefficient (Wildman–Crippen LogP) is 4.16. The first-order valence-electron chi connectivity index (χ1n) is 7.52. The Morgan fingerprint density at radius 3 is 2.00 bits per heavy atom. The summed E-state index contributed by atoms with van der Waals surface area (Å²) in [6.45, 7) is 10.1. The van der Waals surface area contributed by atoms with Crippen LogP contribution in [0.5, 0.6) is 5.75 Å². The van der Waals surface area contributed by atoms with Gasteiger partial charge in [0, 0.05) is 24.4 Å². The monoisotopic (exact) mass is 321 g/mol. The second-order valence-corrected chi connectivity index (χ2v) is 7.20. The molecule has 1 radical (unpaired) electrons. The van der Waals surface area contributed by atoms with E-state index < -0.39 is 0 Å². The summed E-state index contributed by atoms with van der Waals surface area (Å²) in [5, 5.41) is 1.04. The quantitative estimate of drug-likeness (QED) is 0.610. The first-order chi connectivity index (χ1) is 10.4. The molecule has 0 aliphatic carbocycles. The van der Waals surface area contributed by atoms with Gasteiger partial charge >= 0.3 is 0 Å². The zero-order chi connectivity index (χ0) is 16.3. The first-order valence-corrected chi connectivity index (χ1v) is 8.52. The molecule has 2 rings (SSSR count). The van der Waals surface area contributed by atoms with Gasteiger partial charge in [-0.05, 0) is 71.8 Å². The molecule has 0 saturated carbocycles. The number of hydrogen-bond acceptors (Lipinski definition) is 2. The molecule has 0 heterocycles. The zero-order valence-electron chi connectivity index (χ0n) is 14.9. The second kappa shape index (κ2) is 8.70. The van der Waals surface area contributed by atoms with E-state index in [-0.39, 0.29) is 39.1 Å². The molecule has 1 unspecified atom stereocenters. The molecule has 2 aromatic carbocycles. The van der Waals surface area contributed by atoms with Crippen molar-refractivity contribution < 1.29 is 9.53 Å². The Labute approximate surface area is 153 Å². The van der Waals surface area contributed by atoms with Crippen molar-refractivity contribution in [3.63, 3.8) is 0 Å². The Morgan fingerprint density at radius 2 is 1.52 bits per heavy atom. The second-order valence-electron chi connectivity index (χ2n) is 5.92. The maximum Gasteiger partial charge on any atom is 0.186 e. The summed E-state index contributed by atoms with van der Waals surface area (Å²) < 4.78 is 5.63. The van der Waals surface area contributed by atoms with Crippen molar-refractivity contribution in [1.29, 1.82) is 0 Å². The molecule has 117 valence electrons. The number of ether oxygens (including phenoxy) is 1. The average Bonchev–Trinajstić information content (AvgIpc) is 2.39. The Balaban J connectivity index is 0.00000264. The van der Waals surface area contributed by atoms with Gasteiger partial charge in [-0.15, -0.1) is 0 Å². The molecule has 0 aliphatic rings. The predicted molar refractivity (Wildman–Crippen MR) is 101 cm³/mol. The van der Waals surface area contributed by atoms with E-state index in [2.05, 4.69) is 19.1 Å². The molecule has 0 N–H and O–H groups in total. The number of rotatable bonds is 5. The summed E-state index contributed by atoms with van der Waals surface area (Å²) in [5.74, 6) is 0.846. The smallest absolute Gasteiger partial charge is 0.186 e. The van der Waals surface area contributed by atoms with Gasteiger partial charge in [0.25, 0.3) is 0 Å². The van der Waals surface area contributed by atoms with Gasteiger partial charge in [0.2, 0.25) is 0 Å². The molecular formula is C19H23LiO2P. The maximum absolute atomic E-state index is 12.6. The van der Waals surface area contributed by atoms with Crippen LogP contribution in [0.25, 0.3) is 0 Å².